The fraction of sp³-hybridized carbons (Fsp3) is 0.360. The molecule has 10 heteroatoms. The zero-order valence-corrected chi connectivity index (χ0v) is 19.7. The molecule has 3 aromatic heterocycles. The third-order valence-corrected chi connectivity index (χ3v) is 6.84. The van der Waals surface area contributed by atoms with Crippen molar-refractivity contribution in [1.29, 1.82) is 0 Å². The summed E-state index contributed by atoms with van der Waals surface area (Å²) in [6.07, 6.45) is 4.31. The minimum Gasteiger partial charge on any atom is -0.374 e. The predicted octanol–water partition coefficient (Wildman–Crippen LogP) is 2.26. The summed E-state index contributed by atoms with van der Waals surface area (Å²) in [5.41, 5.74) is 4.92. The number of nitrogens with zero attached hydrogens (tertiary/aromatic N) is 5. The van der Waals surface area contributed by atoms with Crippen molar-refractivity contribution in [3.63, 3.8) is 0 Å². The lowest BCUT2D eigenvalue weighted by Gasteiger charge is -2.39. The van der Waals surface area contributed by atoms with Gasteiger partial charge in [0.15, 0.2) is 11.2 Å². The molecule has 5 heterocycles. The summed E-state index contributed by atoms with van der Waals surface area (Å²) >= 11 is 0. The van der Waals surface area contributed by atoms with Crippen molar-refractivity contribution in [3.05, 3.63) is 69.9 Å². The van der Waals surface area contributed by atoms with Crippen LogP contribution in [0.1, 0.15) is 23.7 Å². The molecule has 0 atom stereocenters. The normalized spacial score (nSPS) is 16.6. The van der Waals surface area contributed by atoms with Gasteiger partial charge in [0.2, 0.25) is 5.95 Å². The Morgan fingerprint density at radius 3 is 2.86 bits per heavy atom. The molecule has 10 nitrogen and oxygen atoms in total. The first-order valence-electron chi connectivity index (χ1n) is 11.8. The van der Waals surface area contributed by atoms with Gasteiger partial charge in [0, 0.05) is 38.3 Å². The van der Waals surface area contributed by atoms with Crippen molar-refractivity contribution in [3.8, 4) is 5.69 Å². The zero-order valence-electron chi connectivity index (χ0n) is 19.7. The van der Waals surface area contributed by atoms with Crippen molar-refractivity contribution in [1.82, 2.24) is 29.6 Å². The monoisotopic (exact) mass is 473 g/mol. The second-order valence-corrected chi connectivity index (χ2v) is 8.89. The van der Waals surface area contributed by atoms with Crippen LogP contribution in [0.4, 0.5) is 11.6 Å². The van der Waals surface area contributed by atoms with Gasteiger partial charge in [0.25, 0.3) is 5.56 Å². The number of aromatic nitrogens is 5. The van der Waals surface area contributed by atoms with Crippen molar-refractivity contribution in [2.45, 2.75) is 32.0 Å². The number of pyridine rings is 1. The highest BCUT2D eigenvalue weighted by molar-refractivity contribution is 5.77. The predicted molar refractivity (Wildman–Crippen MR) is 131 cm³/mol. The Morgan fingerprint density at radius 2 is 2.09 bits per heavy atom. The third kappa shape index (κ3) is 3.61. The standard InChI is InChI=1S/C25H27N7O3/c1-3-31-23(33)20-13-28-24(29-18-5-4-17-12-26-8-6-16(17)10-18)30-22(20)32(31)19-7-9-27-21(11-19)25(34-2)14-35-15-25/h4-5,7,9-11,13,26H,3,6,8,12,14-15H2,1-2H3,(H,28,29,30). The van der Waals surface area contributed by atoms with Crippen molar-refractivity contribution in [2.24, 2.45) is 0 Å². The largest absolute Gasteiger partial charge is 0.374 e. The van der Waals surface area contributed by atoms with Crippen LogP contribution >= 0.6 is 0 Å². The number of methoxy groups -OCH3 is 1. The Balaban J connectivity index is 1.43. The van der Waals surface area contributed by atoms with E-state index in [4.69, 9.17) is 14.5 Å². The number of hydrogen-bond donors (Lipinski definition) is 2. The maximum atomic E-state index is 13.2. The van der Waals surface area contributed by atoms with Crippen molar-refractivity contribution in [2.75, 3.05) is 32.2 Å². The molecule has 1 aromatic carbocycles. The minimum absolute atomic E-state index is 0.137. The van der Waals surface area contributed by atoms with Gasteiger partial charge in [-0.25, -0.2) is 14.3 Å². The van der Waals surface area contributed by atoms with Crippen LogP contribution in [-0.2, 0) is 34.6 Å². The molecule has 4 aromatic rings. The Hall–Kier alpha value is -3.60. The van der Waals surface area contributed by atoms with Gasteiger partial charge < -0.3 is 20.1 Å². The summed E-state index contributed by atoms with van der Waals surface area (Å²) in [4.78, 5) is 26.9. The second-order valence-electron chi connectivity index (χ2n) is 8.89. The number of anilines is 2. The lowest BCUT2D eigenvalue weighted by molar-refractivity contribution is -0.204. The first kappa shape index (κ1) is 21.9. The number of hydrogen-bond acceptors (Lipinski definition) is 8. The smallest absolute Gasteiger partial charge is 0.278 e. The van der Waals surface area contributed by atoms with E-state index in [1.165, 1.54) is 11.1 Å². The minimum atomic E-state index is -0.569. The summed E-state index contributed by atoms with van der Waals surface area (Å²) in [6.45, 7) is 5.16. The lowest BCUT2D eigenvalue weighted by atomic mass is 9.96. The van der Waals surface area contributed by atoms with Gasteiger partial charge in [-0.1, -0.05) is 6.07 Å². The highest BCUT2D eigenvalue weighted by Gasteiger charge is 2.42. The SMILES string of the molecule is CCn1c(=O)c2cnc(Nc3ccc4c(c3)CCNC4)nc2n1-c1ccnc(C2(OC)COC2)c1. The molecule has 2 aliphatic rings. The number of benzene rings is 1. The van der Waals surface area contributed by atoms with Crippen molar-refractivity contribution >= 4 is 22.7 Å². The molecule has 0 bridgehead atoms. The molecule has 180 valence electrons. The van der Waals surface area contributed by atoms with E-state index in [0.717, 1.165) is 36.6 Å². The molecule has 1 fully saturated rings. The average molecular weight is 474 g/mol. The summed E-state index contributed by atoms with van der Waals surface area (Å²) < 4.78 is 14.6. The molecule has 2 aliphatic heterocycles. The quantitative estimate of drug-likeness (QED) is 0.439. The van der Waals surface area contributed by atoms with Crippen LogP contribution in [0.3, 0.4) is 0 Å². The Kier molecular flexibility index (Phi) is 5.36. The molecule has 0 radical (unpaired) electrons. The second kappa shape index (κ2) is 8.56. The topological polar surface area (TPSA) is 108 Å². The molecule has 0 unspecified atom stereocenters. The Bertz CT molecular complexity index is 1470. The van der Waals surface area contributed by atoms with Crippen LogP contribution in [0.2, 0.25) is 0 Å². The highest BCUT2D eigenvalue weighted by atomic mass is 16.6. The highest BCUT2D eigenvalue weighted by Crippen LogP contribution is 2.33. The molecule has 0 aliphatic carbocycles. The fourth-order valence-corrected chi connectivity index (χ4v) is 4.78. The van der Waals surface area contributed by atoms with E-state index in [2.05, 4.69) is 32.7 Å². The molecule has 0 saturated carbocycles. The van der Waals surface area contributed by atoms with E-state index >= 15 is 0 Å². The maximum Gasteiger partial charge on any atom is 0.278 e. The Morgan fingerprint density at radius 1 is 1.20 bits per heavy atom. The summed E-state index contributed by atoms with van der Waals surface area (Å²) in [5.74, 6) is 0.434. The van der Waals surface area contributed by atoms with Crippen molar-refractivity contribution < 1.29 is 9.47 Å². The third-order valence-electron chi connectivity index (χ3n) is 6.84. The number of rotatable bonds is 6. The van der Waals surface area contributed by atoms with Gasteiger partial charge >= 0.3 is 0 Å². The van der Waals surface area contributed by atoms with Crippen LogP contribution < -0.4 is 16.2 Å². The molecule has 1 saturated heterocycles. The average Bonchev–Trinajstić information content (AvgIpc) is 3.14. The number of ether oxygens (including phenoxy) is 2. The molecular weight excluding hydrogens is 446 g/mol. The van der Waals surface area contributed by atoms with Crippen LogP contribution in [0.15, 0.2) is 47.5 Å². The van der Waals surface area contributed by atoms with Gasteiger partial charge in [0.1, 0.15) is 5.39 Å². The Labute approximate surface area is 201 Å². The molecular formula is C25H27N7O3. The summed E-state index contributed by atoms with van der Waals surface area (Å²) in [7, 11) is 1.66. The van der Waals surface area contributed by atoms with E-state index in [9.17, 15) is 4.79 Å². The van der Waals surface area contributed by atoms with Crippen LogP contribution in [0, 0.1) is 0 Å². The molecule has 35 heavy (non-hydrogen) atoms. The maximum absolute atomic E-state index is 13.2. The number of fused-ring (bicyclic) bond motifs is 2. The van der Waals surface area contributed by atoms with E-state index in [1.54, 1.807) is 24.2 Å². The summed E-state index contributed by atoms with van der Waals surface area (Å²) in [5, 5.41) is 7.17. The zero-order chi connectivity index (χ0) is 24.0. The van der Waals surface area contributed by atoms with Crippen LogP contribution in [0.25, 0.3) is 16.7 Å². The van der Waals surface area contributed by atoms with E-state index < -0.39 is 5.60 Å². The van der Waals surface area contributed by atoms with Gasteiger partial charge in [-0.15, -0.1) is 0 Å². The number of nitrogens with one attached hydrogen (secondary N) is 2. The molecule has 0 amide bonds. The first-order valence-corrected chi connectivity index (χ1v) is 11.8. The first-order chi connectivity index (χ1) is 17.1. The van der Waals surface area contributed by atoms with Gasteiger partial charge in [-0.05, 0) is 55.3 Å². The molecule has 0 spiro atoms. The fourth-order valence-electron chi connectivity index (χ4n) is 4.78. The molecule has 2 N–H and O–H groups in total. The van der Waals surface area contributed by atoms with Gasteiger partial charge in [-0.3, -0.25) is 9.78 Å². The van der Waals surface area contributed by atoms with E-state index in [-0.39, 0.29) is 5.56 Å². The van der Waals surface area contributed by atoms with Gasteiger partial charge in [0.05, 0.1) is 24.6 Å². The van der Waals surface area contributed by atoms with Gasteiger partial charge in [-0.2, -0.15) is 4.98 Å². The van der Waals surface area contributed by atoms with E-state index in [0.29, 0.717) is 36.7 Å². The summed E-state index contributed by atoms with van der Waals surface area (Å²) in [6, 6.07) is 10.1. The van der Waals surface area contributed by atoms with E-state index in [1.807, 2.05) is 29.8 Å². The van der Waals surface area contributed by atoms with Crippen LogP contribution in [-0.4, -0.2) is 51.2 Å². The molecule has 6 rings (SSSR count). The lowest BCUT2D eigenvalue weighted by Crippen LogP contribution is -2.48. The van der Waals surface area contributed by atoms with Crippen LogP contribution in [0.5, 0.6) is 0 Å².